The minimum atomic E-state index is -0.330. The lowest BCUT2D eigenvalue weighted by molar-refractivity contribution is -0.474. The molecule has 0 unspecified atom stereocenters. The van der Waals surface area contributed by atoms with E-state index in [1.54, 1.807) is 6.07 Å². The number of thioether (sulfide) groups is 1. The number of rotatable bonds is 4. The van der Waals surface area contributed by atoms with E-state index in [1.807, 2.05) is 18.2 Å². The highest BCUT2D eigenvalue weighted by atomic mass is 35.5. The summed E-state index contributed by atoms with van der Waals surface area (Å²) in [6.45, 7) is -0.0319. The third kappa shape index (κ3) is 3.65. The van der Waals surface area contributed by atoms with Crippen molar-refractivity contribution in [3.8, 4) is 0 Å². The highest BCUT2D eigenvalue weighted by Gasteiger charge is 2.02. The molecule has 0 radical (unpaired) electrons. The SMILES string of the molecule is O=[N+]([O-])CCSc1ccccc1Cl. The first-order valence-electron chi connectivity index (χ1n) is 3.69. The van der Waals surface area contributed by atoms with Crippen LogP contribution in [0.5, 0.6) is 0 Å². The van der Waals surface area contributed by atoms with Crippen LogP contribution in [0.25, 0.3) is 0 Å². The van der Waals surface area contributed by atoms with Gasteiger partial charge in [0.2, 0.25) is 6.54 Å². The van der Waals surface area contributed by atoms with E-state index in [4.69, 9.17) is 11.6 Å². The number of nitrogens with zero attached hydrogens (tertiary/aromatic N) is 1. The van der Waals surface area contributed by atoms with E-state index >= 15 is 0 Å². The Labute approximate surface area is 85.2 Å². The zero-order valence-corrected chi connectivity index (χ0v) is 8.35. The van der Waals surface area contributed by atoms with Crippen LogP contribution < -0.4 is 0 Å². The third-order valence-electron chi connectivity index (χ3n) is 1.37. The number of hydrogen-bond acceptors (Lipinski definition) is 3. The van der Waals surface area contributed by atoms with Crippen molar-refractivity contribution in [1.82, 2.24) is 0 Å². The highest BCUT2D eigenvalue weighted by molar-refractivity contribution is 7.99. The smallest absolute Gasteiger partial charge is 0.213 e. The lowest BCUT2D eigenvalue weighted by atomic mass is 10.4. The lowest BCUT2D eigenvalue weighted by Crippen LogP contribution is -2.02. The van der Waals surface area contributed by atoms with Crippen LogP contribution in [0.15, 0.2) is 29.2 Å². The molecule has 3 nitrogen and oxygen atoms in total. The zero-order chi connectivity index (χ0) is 9.68. The van der Waals surface area contributed by atoms with Gasteiger partial charge in [-0.05, 0) is 12.1 Å². The molecular formula is C8H8ClNO2S. The Morgan fingerprint density at radius 1 is 1.46 bits per heavy atom. The fraction of sp³-hybridized carbons (Fsp3) is 0.250. The summed E-state index contributed by atoms with van der Waals surface area (Å²) in [6.07, 6.45) is 0. The molecule has 0 amide bonds. The van der Waals surface area contributed by atoms with Crippen molar-refractivity contribution < 1.29 is 4.92 Å². The van der Waals surface area contributed by atoms with Crippen LogP contribution in [0.1, 0.15) is 0 Å². The van der Waals surface area contributed by atoms with Gasteiger partial charge in [-0.15, -0.1) is 11.8 Å². The summed E-state index contributed by atoms with van der Waals surface area (Å²) in [5.41, 5.74) is 0. The molecule has 0 aromatic heterocycles. The molecule has 0 bridgehead atoms. The first-order valence-corrected chi connectivity index (χ1v) is 5.05. The van der Waals surface area contributed by atoms with Gasteiger partial charge in [0.15, 0.2) is 0 Å². The second-order valence-corrected chi connectivity index (χ2v) is 3.88. The molecule has 0 aliphatic carbocycles. The maximum absolute atomic E-state index is 10.0. The molecule has 0 heterocycles. The van der Waals surface area contributed by atoms with E-state index in [1.165, 1.54) is 11.8 Å². The van der Waals surface area contributed by atoms with Crippen molar-refractivity contribution >= 4 is 23.4 Å². The summed E-state index contributed by atoms with van der Waals surface area (Å²) < 4.78 is 0. The van der Waals surface area contributed by atoms with Crippen LogP contribution in [-0.4, -0.2) is 17.2 Å². The minimum absolute atomic E-state index is 0.0319. The molecule has 0 fully saturated rings. The van der Waals surface area contributed by atoms with Gasteiger partial charge in [0, 0.05) is 9.82 Å². The first kappa shape index (κ1) is 10.3. The van der Waals surface area contributed by atoms with Crippen molar-refractivity contribution in [3.05, 3.63) is 39.4 Å². The van der Waals surface area contributed by atoms with Crippen molar-refractivity contribution in [2.45, 2.75) is 4.90 Å². The van der Waals surface area contributed by atoms with E-state index in [9.17, 15) is 10.1 Å². The maximum Gasteiger partial charge on any atom is 0.213 e. The Balaban J connectivity index is 2.45. The van der Waals surface area contributed by atoms with Gasteiger partial charge in [0.05, 0.1) is 10.8 Å². The Morgan fingerprint density at radius 2 is 2.15 bits per heavy atom. The van der Waals surface area contributed by atoms with E-state index in [2.05, 4.69) is 0 Å². The Hall–Kier alpha value is -0.740. The number of hydrogen-bond donors (Lipinski definition) is 0. The molecule has 1 aromatic rings. The second kappa shape index (κ2) is 5.09. The fourth-order valence-corrected chi connectivity index (χ4v) is 1.93. The van der Waals surface area contributed by atoms with E-state index in [0.29, 0.717) is 10.8 Å². The molecule has 13 heavy (non-hydrogen) atoms. The molecule has 5 heteroatoms. The zero-order valence-electron chi connectivity index (χ0n) is 6.77. The summed E-state index contributed by atoms with van der Waals surface area (Å²) in [5, 5.41) is 10.7. The minimum Gasteiger partial charge on any atom is -0.265 e. The largest absolute Gasteiger partial charge is 0.265 e. The van der Waals surface area contributed by atoms with Gasteiger partial charge in [-0.25, -0.2) is 0 Å². The van der Waals surface area contributed by atoms with E-state index in [-0.39, 0.29) is 11.5 Å². The third-order valence-corrected chi connectivity index (χ3v) is 2.86. The summed E-state index contributed by atoms with van der Waals surface area (Å²) in [5.74, 6) is 0.455. The summed E-state index contributed by atoms with van der Waals surface area (Å²) in [4.78, 5) is 10.6. The summed E-state index contributed by atoms with van der Waals surface area (Å²) in [7, 11) is 0. The quantitative estimate of drug-likeness (QED) is 0.443. The predicted molar refractivity (Wildman–Crippen MR) is 54.0 cm³/mol. The lowest BCUT2D eigenvalue weighted by Gasteiger charge is -2.00. The molecule has 0 saturated heterocycles. The van der Waals surface area contributed by atoms with Gasteiger partial charge >= 0.3 is 0 Å². The topological polar surface area (TPSA) is 43.1 Å². The molecule has 0 aliphatic rings. The number of benzene rings is 1. The molecule has 0 saturated carbocycles. The molecule has 1 aromatic carbocycles. The van der Waals surface area contributed by atoms with Crippen LogP contribution in [0, 0.1) is 10.1 Å². The van der Waals surface area contributed by atoms with Gasteiger partial charge in [-0.1, -0.05) is 23.7 Å². The van der Waals surface area contributed by atoms with Gasteiger partial charge in [-0.2, -0.15) is 0 Å². The van der Waals surface area contributed by atoms with Gasteiger partial charge in [-0.3, -0.25) is 10.1 Å². The van der Waals surface area contributed by atoms with Crippen molar-refractivity contribution in [2.75, 3.05) is 12.3 Å². The first-order chi connectivity index (χ1) is 6.20. The number of halogens is 1. The monoisotopic (exact) mass is 217 g/mol. The van der Waals surface area contributed by atoms with Crippen LogP contribution in [0.2, 0.25) is 5.02 Å². The highest BCUT2D eigenvalue weighted by Crippen LogP contribution is 2.25. The molecule has 0 atom stereocenters. The van der Waals surface area contributed by atoms with E-state index in [0.717, 1.165) is 4.90 Å². The van der Waals surface area contributed by atoms with Crippen LogP contribution in [0.4, 0.5) is 0 Å². The van der Waals surface area contributed by atoms with Crippen molar-refractivity contribution in [2.24, 2.45) is 0 Å². The van der Waals surface area contributed by atoms with Gasteiger partial charge in [0.1, 0.15) is 0 Å². The van der Waals surface area contributed by atoms with Crippen LogP contribution >= 0.6 is 23.4 Å². The van der Waals surface area contributed by atoms with Gasteiger partial charge < -0.3 is 0 Å². The van der Waals surface area contributed by atoms with Gasteiger partial charge in [0.25, 0.3) is 0 Å². The average molecular weight is 218 g/mol. The molecule has 0 aliphatic heterocycles. The summed E-state index contributed by atoms with van der Waals surface area (Å²) in [6, 6.07) is 7.32. The Bertz CT molecular complexity index is 306. The molecule has 1 rings (SSSR count). The number of nitro groups is 1. The average Bonchev–Trinajstić information content (AvgIpc) is 2.08. The standard InChI is InChI=1S/C8H8ClNO2S/c9-7-3-1-2-4-8(7)13-6-5-10(11)12/h1-4H,5-6H2. The maximum atomic E-state index is 10.0. The van der Waals surface area contributed by atoms with Crippen LogP contribution in [0.3, 0.4) is 0 Å². The second-order valence-electron chi connectivity index (χ2n) is 2.34. The Kier molecular flexibility index (Phi) is 4.05. The molecule has 70 valence electrons. The fourth-order valence-electron chi connectivity index (χ4n) is 0.792. The summed E-state index contributed by atoms with van der Waals surface area (Å²) >= 11 is 7.25. The van der Waals surface area contributed by atoms with Crippen LogP contribution in [-0.2, 0) is 0 Å². The Morgan fingerprint density at radius 3 is 2.77 bits per heavy atom. The van der Waals surface area contributed by atoms with E-state index < -0.39 is 0 Å². The van der Waals surface area contributed by atoms with Crippen molar-refractivity contribution in [1.29, 1.82) is 0 Å². The molecular weight excluding hydrogens is 210 g/mol. The normalized spacial score (nSPS) is 9.92. The van der Waals surface area contributed by atoms with Crippen molar-refractivity contribution in [3.63, 3.8) is 0 Å². The molecule has 0 N–H and O–H groups in total. The molecule has 0 spiro atoms. The predicted octanol–water partition coefficient (Wildman–Crippen LogP) is 2.71.